The van der Waals surface area contributed by atoms with Crippen molar-refractivity contribution < 1.29 is 22.7 Å². The van der Waals surface area contributed by atoms with E-state index in [0.717, 1.165) is 7.05 Å². The second kappa shape index (κ2) is 6.42. The molecule has 1 amide bonds. The van der Waals surface area contributed by atoms with Gasteiger partial charge in [0.2, 0.25) is 5.91 Å². The van der Waals surface area contributed by atoms with E-state index in [1.807, 2.05) is 0 Å². The Bertz CT molecular complexity index is 435. The molecular weight excluding hydrogens is 261 g/mol. The number of halogens is 3. The summed E-state index contributed by atoms with van der Waals surface area (Å²) in [6.45, 7) is 0. The third-order valence-corrected chi connectivity index (χ3v) is 2.51. The predicted molar refractivity (Wildman–Crippen MR) is 65.1 cm³/mol. The monoisotopic (exact) mass is 276 g/mol. The van der Waals surface area contributed by atoms with Crippen molar-refractivity contribution in [3.8, 4) is 5.75 Å². The van der Waals surface area contributed by atoms with Crippen molar-refractivity contribution >= 4 is 11.6 Å². The number of methoxy groups -OCH3 is 1. The summed E-state index contributed by atoms with van der Waals surface area (Å²) >= 11 is 0. The molecule has 1 aromatic rings. The van der Waals surface area contributed by atoms with Crippen molar-refractivity contribution in [2.24, 2.45) is 0 Å². The fraction of sp³-hybridized carbons (Fsp3) is 0.417. The van der Waals surface area contributed by atoms with Gasteiger partial charge in [0, 0.05) is 0 Å². The zero-order valence-electron chi connectivity index (χ0n) is 10.5. The average Bonchev–Trinajstić information content (AvgIpc) is 2.35. The first-order valence-electron chi connectivity index (χ1n) is 5.55. The molecule has 0 aliphatic rings. The van der Waals surface area contributed by atoms with Crippen LogP contribution in [0.3, 0.4) is 0 Å². The van der Waals surface area contributed by atoms with E-state index in [0.29, 0.717) is 11.4 Å². The Balaban J connectivity index is 2.70. The molecule has 0 bridgehead atoms. The van der Waals surface area contributed by atoms with Gasteiger partial charge in [0.05, 0.1) is 19.2 Å². The fourth-order valence-electron chi connectivity index (χ4n) is 1.52. The summed E-state index contributed by atoms with van der Waals surface area (Å²) in [4.78, 5) is 11.6. The number of ether oxygens (including phenoxy) is 1. The minimum atomic E-state index is -4.47. The first-order valence-corrected chi connectivity index (χ1v) is 5.55. The summed E-state index contributed by atoms with van der Waals surface area (Å²) in [5.41, 5.74) is 0.340. The maximum absolute atomic E-state index is 12.5. The first-order chi connectivity index (χ1) is 8.88. The molecule has 0 aliphatic heterocycles. The molecule has 0 saturated heterocycles. The molecule has 19 heavy (non-hydrogen) atoms. The summed E-state index contributed by atoms with van der Waals surface area (Å²) in [7, 11) is 2.58. The maximum Gasteiger partial charge on any atom is 0.404 e. The van der Waals surface area contributed by atoms with E-state index in [1.165, 1.54) is 7.11 Å². The van der Waals surface area contributed by atoms with Gasteiger partial charge in [-0.1, -0.05) is 12.1 Å². The molecule has 0 aromatic heterocycles. The van der Waals surface area contributed by atoms with E-state index in [2.05, 4.69) is 10.6 Å². The number of hydrogen-bond donors (Lipinski definition) is 2. The number of alkyl halides is 3. The van der Waals surface area contributed by atoms with Crippen LogP contribution in [-0.4, -0.2) is 32.3 Å². The molecule has 0 heterocycles. The van der Waals surface area contributed by atoms with Crippen LogP contribution in [0.15, 0.2) is 24.3 Å². The van der Waals surface area contributed by atoms with E-state index in [4.69, 9.17) is 4.74 Å². The number of carbonyl (C=O) groups excluding carboxylic acids is 1. The van der Waals surface area contributed by atoms with E-state index in [9.17, 15) is 18.0 Å². The molecule has 0 saturated carbocycles. The summed E-state index contributed by atoms with van der Waals surface area (Å²) in [6.07, 6.45) is -5.16. The lowest BCUT2D eigenvalue weighted by molar-refractivity contribution is -0.159. The number of nitrogens with one attached hydrogen (secondary N) is 2. The predicted octanol–water partition coefficient (Wildman–Crippen LogP) is 2.17. The third kappa shape index (κ3) is 4.44. The molecule has 1 atom stereocenters. The van der Waals surface area contributed by atoms with Crippen LogP contribution in [0.25, 0.3) is 0 Å². The molecule has 106 valence electrons. The van der Waals surface area contributed by atoms with Gasteiger partial charge in [0.25, 0.3) is 0 Å². The van der Waals surface area contributed by atoms with E-state index in [-0.39, 0.29) is 0 Å². The molecule has 1 unspecified atom stereocenters. The normalized spacial score (nSPS) is 12.9. The second-order valence-corrected chi connectivity index (χ2v) is 3.84. The lowest BCUT2D eigenvalue weighted by atomic mass is 10.2. The smallest absolute Gasteiger partial charge is 0.404 e. The number of rotatable bonds is 5. The van der Waals surface area contributed by atoms with Gasteiger partial charge in [-0.25, -0.2) is 0 Å². The lowest BCUT2D eigenvalue weighted by Gasteiger charge is -2.19. The zero-order chi connectivity index (χ0) is 14.5. The van der Waals surface area contributed by atoms with Crippen LogP contribution >= 0.6 is 0 Å². The molecule has 0 aliphatic carbocycles. The Morgan fingerprint density at radius 2 is 2.00 bits per heavy atom. The van der Waals surface area contributed by atoms with E-state index >= 15 is 0 Å². The van der Waals surface area contributed by atoms with Gasteiger partial charge >= 0.3 is 6.18 Å². The van der Waals surface area contributed by atoms with Crippen molar-refractivity contribution in [1.82, 2.24) is 5.32 Å². The SMILES string of the molecule is CNC(CC(=O)Nc1ccccc1OC)C(F)(F)F. The molecule has 2 N–H and O–H groups in total. The second-order valence-electron chi connectivity index (χ2n) is 3.84. The van der Waals surface area contributed by atoms with Gasteiger partial charge in [-0.05, 0) is 19.2 Å². The number of para-hydroxylation sites is 2. The Kier molecular flexibility index (Phi) is 5.17. The Morgan fingerprint density at radius 1 is 1.37 bits per heavy atom. The van der Waals surface area contributed by atoms with Crippen molar-refractivity contribution in [3.05, 3.63) is 24.3 Å². The third-order valence-electron chi connectivity index (χ3n) is 2.51. The standard InChI is InChI=1S/C12H15F3N2O2/c1-16-10(12(13,14)15)7-11(18)17-8-5-3-4-6-9(8)19-2/h3-6,10,16H,7H2,1-2H3,(H,17,18). The summed E-state index contributed by atoms with van der Waals surface area (Å²) in [5, 5.41) is 4.46. The highest BCUT2D eigenvalue weighted by atomic mass is 19.4. The molecule has 4 nitrogen and oxygen atoms in total. The molecule has 0 radical (unpaired) electrons. The quantitative estimate of drug-likeness (QED) is 0.866. The highest BCUT2D eigenvalue weighted by molar-refractivity contribution is 5.92. The summed E-state index contributed by atoms with van der Waals surface area (Å²) < 4.78 is 42.5. The van der Waals surface area contributed by atoms with Gasteiger partial charge in [-0.2, -0.15) is 13.2 Å². The lowest BCUT2D eigenvalue weighted by Crippen LogP contribution is -2.42. The van der Waals surface area contributed by atoms with Crippen molar-refractivity contribution in [1.29, 1.82) is 0 Å². The zero-order valence-corrected chi connectivity index (χ0v) is 10.5. The highest BCUT2D eigenvalue weighted by Crippen LogP contribution is 2.25. The van der Waals surface area contributed by atoms with Crippen molar-refractivity contribution in [2.45, 2.75) is 18.6 Å². The molecule has 1 rings (SSSR count). The number of anilines is 1. The van der Waals surface area contributed by atoms with Gasteiger partial charge < -0.3 is 15.4 Å². The van der Waals surface area contributed by atoms with Crippen LogP contribution in [0, 0.1) is 0 Å². The number of amides is 1. The molecule has 7 heteroatoms. The van der Waals surface area contributed by atoms with Crippen molar-refractivity contribution in [3.63, 3.8) is 0 Å². The van der Waals surface area contributed by atoms with Crippen LogP contribution in [0.5, 0.6) is 5.75 Å². The topological polar surface area (TPSA) is 50.4 Å². The average molecular weight is 276 g/mol. The molecular formula is C12H15F3N2O2. The first kappa shape index (κ1) is 15.3. The van der Waals surface area contributed by atoms with Crippen LogP contribution in [-0.2, 0) is 4.79 Å². The minimum Gasteiger partial charge on any atom is -0.495 e. The Morgan fingerprint density at radius 3 is 2.53 bits per heavy atom. The number of hydrogen-bond acceptors (Lipinski definition) is 3. The van der Waals surface area contributed by atoms with Gasteiger partial charge in [-0.15, -0.1) is 0 Å². The van der Waals surface area contributed by atoms with Crippen LogP contribution in [0.2, 0.25) is 0 Å². The Labute approximate surface area is 108 Å². The molecule has 0 spiro atoms. The minimum absolute atomic E-state index is 0.340. The molecule has 1 aromatic carbocycles. The van der Waals surface area contributed by atoms with Crippen LogP contribution in [0.1, 0.15) is 6.42 Å². The van der Waals surface area contributed by atoms with E-state index in [1.54, 1.807) is 24.3 Å². The summed E-state index contributed by atoms with van der Waals surface area (Å²) in [6, 6.07) is 4.63. The van der Waals surface area contributed by atoms with E-state index < -0.39 is 24.5 Å². The van der Waals surface area contributed by atoms with Gasteiger partial charge in [-0.3, -0.25) is 4.79 Å². The van der Waals surface area contributed by atoms with Crippen molar-refractivity contribution in [2.75, 3.05) is 19.5 Å². The number of carbonyl (C=O) groups is 1. The maximum atomic E-state index is 12.5. The van der Waals surface area contributed by atoms with Crippen LogP contribution in [0.4, 0.5) is 18.9 Å². The fourth-order valence-corrected chi connectivity index (χ4v) is 1.52. The Hall–Kier alpha value is -1.76. The largest absolute Gasteiger partial charge is 0.495 e. The van der Waals surface area contributed by atoms with Gasteiger partial charge in [0.1, 0.15) is 11.8 Å². The van der Waals surface area contributed by atoms with Crippen LogP contribution < -0.4 is 15.4 Å². The summed E-state index contributed by atoms with van der Waals surface area (Å²) in [5.74, 6) is -0.343. The highest BCUT2D eigenvalue weighted by Gasteiger charge is 2.39. The number of benzene rings is 1. The molecule has 0 fully saturated rings. The van der Waals surface area contributed by atoms with Gasteiger partial charge in [0.15, 0.2) is 0 Å².